The monoisotopic (exact) mass is 818 g/mol. The third kappa shape index (κ3) is 4.60. The van der Waals surface area contributed by atoms with Crippen molar-refractivity contribution in [1.29, 1.82) is 0 Å². The summed E-state index contributed by atoms with van der Waals surface area (Å²) in [6.45, 7) is 0. The van der Waals surface area contributed by atoms with Crippen LogP contribution >= 0.6 is 0 Å². The second kappa shape index (κ2) is 12.7. The number of aromatic nitrogens is 1. The maximum atomic E-state index is 2.58. The lowest BCUT2D eigenvalue weighted by Crippen LogP contribution is -2.59. The Morgan fingerprint density at radius 1 is 0.422 bits per heavy atom. The van der Waals surface area contributed by atoms with E-state index in [1.54, 1.807) is 5.56 Å². The third-order valence-corrected chi connectivity index (χ3v) is 17.2. The number of benzene rings is 10. The predicted molar refractivity (Wildman–Crippen MR) is 269 cm³/mol. The lowest BCUT2D eigenvalue weighted by atomic mass is 9.38. The largest absolute Gasteiger partial charge is 0.310 e. The average molecular weight is 819 g/mol. The second-order valence-electron chi connectivity index (χ2n) is 19.8. The van der Waals surface area contributed by atoms with E-state index >= 15 is 0 Å². The number of anilines is 3. The van der Waals surface area contributed by atoms with E-state index < -0.39 is 0 Å². The molecule has 304 valence electrons. The Labute approximate surface area is 373 Å². The SMILES string of the molecule is c1cc(N(c2ccc(-c3ccccc3-n3c4ccccc4c4c5ccccc5ccc43)cc2)c2ccc3c4ccccc4c4ccccc4c3c2)cc(C23C[C@@H]4CC5C[C@@H](C2)C54C3)c1. The van der Waals surface area contributed by atoms with Gasteiger partial charge in [0.1, 0.15) is 0 Å². The molecule has 2 nitrogen and oxygen atoms in total. The van der Waals surface area contributed by atoms with Gasteiger partial charge < -0.3 is 9.47 Å². The molecule has 15 rings (SSSR count). The van der Waals surface area contributed by atoms with Crippen LogP contribution in [0, 0.1) is 23.2 Å². The molecule has 0 unspecified atom stereocenters. The van der Waals surface area contributed by atoms with Crippen molar-refractivity contribution >= 4 is 82.0 Å². The molecule has 2 atom stereocenters. The van der Waals surface area contributed by atoms with Crippen molar-refractivity contribution in [3.63, 3.8) is 0 Å². The maximum Gasteiger partial charge on any atom is 0.0547 e. The Morgan fingerprint density at radius 2 is 1.03 bits per heavy atom. The van der Waals surface area contributed by atoms with Crippen LogP contribution in [0.15, 0.2) is 200 Å². The Balaban J connectivity index is 0.898. The fraction of sp³-hybridized carbons (Fsp3) is 0.161. The van der Waals surface area contributed by atoms with Crippen molar-refractivity contribution in [3.8, 4) is 16.8 Å². The Morgan fingerprint density at radius 3 is 1.77 bits per heavy atom. The summed E-state index contributed by atoms with van der Waals surface area (Å²) in [6.07, 6.45) is 7.14. The molecule has 4 saturated carbocycles. The quantitative estimate of drug-likeness (QED) is 0.152. The van der Waals surface area contributed by atoms with Crippen molar-refractivity contribution in [2.75, 3.05) is 4.90 Å². The molecular formula is C62H46N2. The third-order valence-electron chi connectivity index (χ3n) is 17.2. The molecule has 4 aliphatic carbocycles. The van der Waals surface area contributed by atoms with E-state index in [4.69, 9.17) is 0 Å². The fourth-order valence-corrected chi connectivity index (χ4v) is 14.6. The molecule has 11 aromatic rings. The number of para-hydroxylation sites is 2. The highest BCUT2D eigenvalue weighted by molar-refractivity contribution is 6.26. The summed E-state index contributed by atoms with van der Waals surface area (Å²) in [7, 11) is 0. The van der Waals surface area contributed by atoms with E-state index in [2.05, 4.69) is 210 Å². The van der Waals surface area contributed by atoms with Crippen molar-refractivity contribution in [2.45, 2.75) is 37.5 Å². The number of hydrogen-bond donors (Lipinski definition) is 0. The van der Waals surface area contributed by atoms with E-state index in [1.807, 2.05) is 0 Å². The van der Waals surface area contributed by atoms with Gasteiger partial charge in [0.25, 0.3) is 0 Å². The molecule has 4 aliphatic rings. The van der Waals surface area contributed by atoms with Crippen molar-refractivity contribution in [3.05, 3.63) is 206 Å². The molecule has 4 fully saturated rings. The van der Waals surface area contributed by atoms with E-state index in [0.717, 1.165) is 17.8 Å². The van der Waals surface area contributed by atoms with E-state index in [1.165, 1.54) is 131 Å². The highest BCUT2D eigenvalue weighted by Gasteiger charge is 2.77. The summed E-state index contributed by atoms with van der Waals surface area (Å²) in [5, 5.41) is 13.0. The topological polar surface area (TPSA) is 8.17 Å². The normalized spacial score (nSPS) is 23.0. The van der Waals surface area contributed by atoms with Gasteiger partial charge in [-0.1, -0.05) is 146 Å². The smallest absolute Gasteiger partial charge is 0.0547 e. The van der Waals surface area contributed by atoms with Gasteiger partial charge in [-0.15, -0.1) is 0 Å². The minimum Gasteiger partial charge on any atom is -0.310 e. The lowest BCUT2D eigenvalue weighted by Gasteiger charge is -2.66. The van der Waals surface area contributed by atoms with Gasteiger partial charge >= 0.3 is 0 Å². The Kier molecular flexibility index (Phi) is 7.03. The van der Waals surface area contributed by atoms with Crippen LogP contribution in [0.2, 0.25) is 0 Å². The zero-order valence-corrected chi connectivity index (χ0v) is 35.7. The molecule has 0 aliphatic heterocycles. The summed E-state index contributed by atoms with van der Waals surface area (Å²) >= 11 is 0. The molecule has 2 bridgehead atoms. The first-order valence-electron chi connectivity index (χ1n) is 23.5. The van der Waals surface area contributed by atoms with Crippen LogP contribution in [-0.2, 0) is 5.41 Å². The second-order valence-corrected chi connectivity index (χ2v) is 19.8. The average Bonchev–Trinajstić information content (AvgIpc) is 3.98. The summed E-state index contributed by atoms with van der Waals surface area (Å²) in [5.41, 5.74) is 12.2. The summed E-state index contributed by atoms with van der Waals surface area (Å²) < 4.78 is 2.48. The van der Waals surface area contributed by atoms with Gasteiger partial charge in [0.05, 0.1) is 16.7 Å². The number of rotatable bonds is 6. The van der Waals surface area contributed by atoms with Crippen LogP contribution in [0.3, 0.4) is 0 Å². The highest BCUT2D eigenvalue weighted by Crippen LogP contribution is 2.84. The van der Waals surface area contributed by atoms with Gasteiger partial charge in [0, 0.05) is 33.4 Å². The molecule has 1 heterocycles. The summed E-state index contributed by atoms with van der Waals surface area (Å²) in [4.78, 5) is 2.53. The Bertz CT molecular complexity index is 3710. The molecule has 0 saturated heterocycles. The summed E-state index contributed by atoms with van der Waals surface area (Å²) in [6, 6.07) is 75.4. The van der Waals surface area contributed by atoms with Gasteiger partial charge in [-0.2, -0.15) is 0 Å². The zero-order chi connectivity index (χ0) is 41.7. The summed E-state index contributed by atoms with van der Waals surface area (Å²) in [5.74, 6) is 2.91. The molecule has 64 heavy (non-hydrogen) atoms. The zero-order valence-electron chi connectivity index (χ0n) is 35.7. The molecule has 1 spiro atoms. The Hall–Kier alpha value is -7.16. The van der Waals surface area contributed by atoms with Gasteiger partial charge in [0.2, 0.25) is 0 Å². The predicted octanol–water partition coefficient (Wildman–Crippen LogP) is 16.6. The molecular weight excluding hydrogens is 773 g/mol. The van der Waals surface area contributed by atoms with Crippen molar-refractivity contribution in [2.24, 2.45) is 23.2 Å². The van der Waals surface area contributed by atoms with E-state index in [9.17, 15) is 0 Å². The maximum absolute atomic E-state index is 2.58. The van der Waals surface area contributed by atoms with Crippen LogP contribution in [0.5, 0.6) is 0 Å². The van der Waals surface area contributed by atoms with Gasteiger partial charge in [-0.05, 0) is 170 Å². The van der Waals surface area contributed by atoms with Gasteiger partial charge in [0.15, 0.2) is 0 Å². The van der Waals surface area contributed by atoms with E-state index in [0.29, 0.717) is 10.8 Å². The minimum absolute atomic E-state index is 0.327. The highest BCUT2D eigenvalue weighted by atomic mass is 15.1. The van der Waals surface area contributed by atoms with Gasteiger partial charge in [-0.25, -0.2) is 0 Å². The van der Waals surface area contributed by atoms with Crippen LogP contribution < -0.4 is 4.90 Å². The standard InChI is InChI=1S/C62H46N2/c1-2-16-49-39(12-1)26-31-59-60(49)55-21-8-10-23-58(55)64(59)57-22-9-7-15-48(57)40-24-27-45(28-25-40)63(46-14-11-13-41(34-46)61-36-43-32-42-33-44(37-61)62(42,43)38-61)47-29-30-54-52-19-4-3-17-50(52)51-18-5-6-20-53(51)56(54)35-47/h1-31,34-35,42-44H,32-33,36-38H2/t42?,43-,44-,61?,62?/m0/s1. The molecule has 0 amide bonds. The number of nitrogens with zero attached hydrogens (tertiary/aromatic N) is 2. The first-order valence-corrected chi connectivity index (χ1v) is 23.5. The first kappa shape index (κ1) is 35.3. The number of hydrogen-bond acceptors (Lipinski definition) is 1. The molecule has 0 radical (unpaired) electrons. The minimum atomic E-state index is 0.327. The first-order chi connectivity index (χ1) is 31.6. The lowest BCUT2D eigenvalue weighted by molar-refractivity contribution is -0.175. The van der Waals surface area contributed by atoms with Crippen LogP contribution in [0.1, 0.15) is 37.7 Å². The molecule has 0 N–H and O–H groups in total. The van der Waals surface area contributed by atoms with Crippen LogP contribution in [0.25, 0.3) is 81.7 Å². The molecule has 1 aromatic heterocycles. The fourth-order valence-electron chi connectivity index (χ4n) is 14.6. The molecule has 10 aromatic carbocycles. The van der Waals surface area contributed by atoms with Crippen LogP contribution in [-0.4, -0.2) is 4.57 Å². The van der Waals surface area contributed by atoms with E-state index in [-0.39, 0.29) is 0 Å². The van der Waals surface area contributed by atoms with Crippen molar-refractivity contribution in [1.82, 2.24) is 4.57 Å². The van der Waals surface area contributed by atoms with Gasteiger partial charge in [-0.3, -0.25) is 0 Å². The molecule has 2 heteroatoms. The van der Waals surface area contributed by atoms with Crippen LogP contribution in [0.4, 0.5) is 17.1 Å². The number of fused-ring (bicyclic) bond motifs is 12. The van der Waals surface area contributed by atoms with Crippen molar-refractivity contribution < 1.29 is 0 Å².